The lowest BCUT2D eigenvalue weighted by Gasteiger charge is -2.28. The molecule has 1 fully saturated rings. The van der Waals surface area contributed by atoms with E-state index in [1.165, 1.54) is 18.0 Å². The van der Waals surface area contributed by atoms with Crippen molar-refractivity contribution in [3.8, 4) is 0 Å². The molecule has 0 spiro atoms. The Kier molecular flexibility index (Phi) is 3.98. The Balaban J connectivity index is 2.38. The molecule has 3 nitrogen and oxygen atoms in total. The van der Waals surface area contributed by atoms with E-state index in [1.807, 2.05) is 0 Å². The van der Waals surface area contributed by atoms with E-state index in [4.69, 9.17) is 10.7 Å². The third-order valence-corrected chi connectivity index (χ3v) is 2.38. The van der Waals surface area contributed by atoms with E-state index in [0.717, 1.165) is 19.4 Å². The highest BCUT2D eigenvalue weighted by atomic mass is 16.7. The molecule has 0 radical (unpaired) electrons. The minimum Gasteiger partial charge on any atom is -0.281 e. The van der Waals surface area contributed by atoms with E-state index in [-0.39, 0.29) is 0 Å². The lowest BCUT2D eigenvalue weighted by atomic mass is 10.0. The summed E-state index contributed by atoms with van der Waals surface area (Å²) < 4.78 is 0. The summed E-state index contributed by atoms with van der Waals surface area (Å²) in [5.74, 6) is 6.21. The average Bonchev–Trinajstić information content (AvgIpc) is 1.95. The maximum Gasteiger partial charge on any atom is 0.0832 e. The van der Waals surface area contributed by atoms with Gasteiger partial charge in [-0.05, 0) is 18.8 Å². The van der Waals surface area contributed by atoms with Crippen LogP contribution in [0.4, 0.5) is 0 Å². The second-order valence-corrected chi connectivity index (χ2v) is 3.88. The van der Waals surface area contributed by atoms with Gasteiger partial charge < -0.3 is 0 Å². The fraction of sp³-hybridized carbons (Fsp3) is 1.00. The second-order valence-electron chi connectivity index (χ2n) is 3.88. The molecule has 0 aliphatic carbocycles. The van der Waals surface area contributed by atoms with Crippen molar-refractivity contribution in [2.45, 2.75) is 45.6 Å². The molecule has 12 heavy (non-hydrogen) atoms. The predicted molar refractivity (Wildman–Crippen MR) is 49.1 cm³/mol. The summed E-state index contributed by atoms with van der Waals surface area (Å²) in [5.41, 5.74) is 0. The Labute approximate surface area is 74.8 Å². The summed E-state index contributed by atoms with van der Waals surface area (Å²) >= 11 is 0. The summed E-state index contributed by atoms with van der Waals surface area (Å²) in [6.07, 6.45) is 5.17. The first kappa shape index (κ1) is 9.96. The molecule has 0 aromatic rings. The van der Waals surface area contributed by atoms with Gasteiger partial charge in [0, 0.05) is 6.54 Å². The molecule has 1 rings (SSSR count). The fourth-order valence-electron chi connectivity index (χ4n) is 1.52. The van der Waals surface area contributed by atoms with Crippen LogP contribution in [-0.4, -0.2) is 17.8 Å². The van der Waals surface area contributed by atoms with E-state index < -0.39 is 0 Å². The number of rotatable bonds is 1. The monoisotopic (exact) mass is 172 g/mol. The Morgan fingerprint density at radius 2 is 2.08 bits per heavy atom. The molecule has 1 aliphatic heterocycles. The van der Waals surface area contributed by atoms with Gasteiger partial charge in [-0.2, -0.15) is 0 Å². The highest BCUT2D eigenvalue weighted by Gasteiger charge is 2.18. The van der Waals surface area contributed by atoms with E-state index in [1.54, 1.807) is 0 Å². The van der Waals surface area contributed by atoms with Gasteiger partial charge in [-0.25, -0.2) is 5.84 Å². The molecule has 0 saturated carbocycles. The van der Waals surface area contributed by atoms with Gasteiger partial charge in [0.2, 0.25) is 0 Å². The van der Waals surface area contributed by atoms with Gasteiger partial charge in [0.15, 0.2) is 0 Å². The van der Waals surface area contributed by atoms with Gasteiger partial charge in [0.05, 0.1) is 6.10 Å². The first-order valence-corrected chi connectivity index (χ1v) is 4.89. The SMILES string of the molecule is CC(C)C1CCCCCN(N)O1. The molecule has 0 amide bonds. The number of hydrazine groups is 1. The summed E-state index contributed by atoms with van der Waals surface area (Å²) in [5, 5.41) is 1.50. The van der Waals surface area contributed by atoms with E-state index in [2.05, 4.69) is 13.8 Å². The minimum atomic E-state index is 0.315. The summed E-state index contributed by atoms with van der Waals surface area (Å²) in [4.78, 5) is 5.56. The van der Waals surface area contributed by atoms with Crippen molar-refractivity contribution in [1.82, 2.24) is 5.17 Å². The molecular formula is C9H20N2O. The van der Waals surface area contributed by atoms with Gasteiger partial charge in [-0.1, -0.05) is 26.7 Å². The molecule has 1 aliphatic rings. The van der Waals surface area contributed by atoms with Crippen LogP contribution >= 0.6 is 0 Å². The maximum atomic E-state index is 5.64. The highest BCUT2D eigenvalue weighted by molar-refractivity contribution is 4.63. The largest absolute Gasteiger partial charge is 0.281 e. The summed E-state index contributed by atoms with van der Waals surface area (Å²) in [6, 6.07) is 0. The van der Waals surface area contributed by atoms with Crippen molar-refractivity contribution in [2.75, 3.05) is 6.54 Å². The van der Waals surface area contributed by atoms with Crippen molar-refractivity contribution in [2.24, 2.45) is 11.8 Å². The van der Waals surface area contributed by atoms with Crippen LogP contribution in [0.15, 0.2) is 0 Å². The number of hydroxylamine groups is 1. The van der Waals surface area contributed by atoms with Crippen LogP contribution in [0.3, 0.4) is 0 Å². The predicted octanol–water partition coefficient (Wildman–Crippen LogP) is 1.69. The van der Waals surface area contributed by atoms with Gasteiger partial charge >= 0.3 is 0 Å². The molecule has 2 N–H and O–H groups in total. The smallest absolute Gasteiger partial charge is 0.0832 e. The highest BCUT2D eigenvalue weighted by Crippen LogP contribution is 2.18. The Hall–Kier alpha value is -0.120. The average molecular weight is 172 g/mol. The quantitative estimate of drug-likeness (QED) is 0.612. The zero-order valence-corrected chi connectivity index (χ0v) is 8.12. The van der Waals surface area contributed by atoms with E-state index in [9.17, 15) is 0 Å². The topological polar surface area (TPSA) is 38.5 Å². The fourth-order valence-corrected chi connectivity index (χ4v) is 1.52. The third kappa shape index (κ3) is 3.09. The molecule has 72 valence electrons. The zero-order chi connectivity index (χ0) is 8.97. The van der Waals surface area contributed by atoms with Crippen LogP contribution in [-0.2, 0) is 4.84 Å². The Bertz CT molecular complexity index is 128. The normalized spacial score (nSPS) is 28.5. The van der Waals surface area contributed by atoms with Crippen molar-refractivity contribution in [3.63, 3.8) is 0 Å². The van der Waals surface area contributed by atoms with Crippen LogP contribution < -0.4 is 5.84 Å². The Morgan fingerprint density at radius 1 is 1.33 bits per heavy atom. The lowest BCUT2D eigenvalue weighted by molar-refractivity contribution is -0.218. The second kappa shape index (κ2) is 4.80. The summed E-state index contributed by atoms with van der Waals surface area (Å²) in [6.45, 7) is 5.23. The van der Waals surface area contributed by atoms with Gasteiger partial charge in [0.25, 0.3) is 0 Å². The van der Waals surface area contributed by atoms with Crippen LogP contribution in [0, 0.1) is 5.92 Å². The van der Waals surface area contributed by atoms with Crippen LogP contribution in [0.25, 0.3) is 0 Å². The van der Waals surface area contributed by atoms with Crippen molar-refractivity contribution in [1.29, 1.82) is 0 Å². The maximum absolute atomic E-state index is 5.64. The van der Waals surface area contributed by atoms with E-state index >= 15 is 0 Å². The van der Waals surface area contributed by atoms with Gasteiger partial charge in [-0.3, -0.25) is 4.84 Å². The van der Waals surface area contributed by atoms with Crippen molar-refractivity contribution >= 4 is 0 Å². The number of hydrogen-bond acceptors (Lipinski definition) is 3. The molecule has 0 bridgehead atoms. The van der Waals surface area contributed by atoms with Crippen LogP contribution in [0.1, 0.15) is 39.5 Å². The van der Waals surface area contributed by atoms with Crippen molar-refractivity contribution < 1.29 is 4.84 Å². The number of hydrogen-bond donors (Lipinski definition) is 1. The van der Waals surface area contributed by atoms with Gasteiger partial charge in [-0.15, -0.1) is 5.17 Å². The zero-order valence-electron chi connectivity index (χ0n) is 8.12. The van der Waals surface area contributed by atoms with E-state index in [0.29, 0.717) is 12.0 Å². The Morgan fingerprint density at radius 3 is 2.75 bits per heavy atom. The molecule has 3 heteroatoms. The third-order valence-electron chi connectivity index (χ3n) is 2.38. The lowest BCUT2D eigenvalue weighted by Crippen LogP contribution is -2.39. The van der Waals surface area contributed by atoms with Gasteiger partial charge in [0.1, 0.15) is 0 Å². The standard InChI is InChI=1S/C9H20N2O/c1-8(2)9-6-4-3-5-7-11(10)12-9/h8-9H,3-7,10H2,1-2H3. The first-order valence-electron chi connectivity index (χ1n) is 4.89. The first-order chi connectivity index (χ1) is 5.70. The molecule has 1 heterocycles. The molecule has 1 atom stereocenters. The minimum absolute atomic E-state index is 0.315. The van der Waals surface area contributed by atoms with Crippen LogP contribution in [0.5, 0.6) is 0 Å². The number of nitrogens with two attached hydrogens (primary N) is 1. The molecule has 0 aromatic carbocycles. The van der Waals surface area contributed by atoms with Crippen molar-refractivity contribution in [3.05, 3.63) is 0 Å². The molecular weight excluding hydrogens is 152 g/mol. The molecule has 0 aromatic heterocycles. The molecule has 1 unspecified atom stereocenters. The number of nitrogens with zero attached hydrogens (tertiary/aromatic N) is 1. The summed E-state index contributed by atoms with van der Waals surface area (Å²) in [7, 11) is 0. The molecule has 1 saturated heterocycles. The van der Waals surface area contributed by atoms with Crippen LogP contribution in [0.2, 0.25) is 0 Å².